The Morgan fingerprint density at radius 3 is 2.56 bits per heavy atom. The summed E-state index contributed by atoms with van der Waals surface area (Å²) >= 11 is 0. The quantitative estimate of drug-likeness (QED) is 0.685. The highest BCUT2D eigenvalue weighted by Crippen LogP contribution is 2.27. The summed E-state index contributed by atoms with van der Waals surface area (Å²) in [4.78, 5) is 22.5. The van der Waals surface area contributed by atoms with Gasteiger partial charge in [0.25, 0.3) is 0 Å². The standard InChI is InChI=1S/C14H23NO3/c1-2-6-12(14(17)18)15-13(16)10-9-11-7-4-3-5-8-11/h2,11-12H,1,3-10H2,(H,15,16)(H,17,18). The van der Waals surface area contributed by atoms with E-state index in [4.69, 9.17) is 5.11 Å². The van der Waals surface area contributed by atoms with Gasteiger partial charge in [0.05, 0.1) is 0 Å². The highest BCUT2D eigenvalue weighted by atomic mass is 16.4. The maximum absolute atomic E-state index is 11.7. The van der Waals surface area contributed by atoms with E-state index in [1.165, 1.54) is 38.2 Å². The molecule has 0 aliphatic heterocycles. The van der Waals surface area contributed by atoms with Crippen molar-refractivity contribution >= 4 is 11.9 Å². The smallest absolute Gasteiger partial charge is 0.326 e. The molecule has 0 spiro atoms. The molecule has 0 aromatic heterocycles. The van der Waals surface area contributed by atoms with Crippen LogP contribution in [0, 0.1) is 5.92 Å². The lowest BCUT2D eigenvalue weighted by molar-refractivity contribution is -0.141. The zero-order valence-corrected chi connectivity index (χ0v) is 10.9. The van der Waals surface area contributed by atoms with Crippen molar-refractivity contribution in [2.24, 2.45) is 5.92 Å². The number of amides is 1. The third-order valence-corrected chi connectivity index (χ3v) is 3.54. The second kappa shape index (κ2) is 7.90. The van der Waals surface area contributed by atoms with Crippen LogP contribution in [0.3, 0.4) is 0 Å². The minimum absolute atomic E-state index is 0.158. The zero-order chi connectivity index (χ0) is 13.4. The Hall–Kier alpha value is -1.32. The van der Waals surface area contributed by atoms with Gasteiger partial charge in [-0.05, 0) is 18.8 Å². The second-order valence-electron chi connectivity index (χ2n) is 5.03. The predicted molar refractivity (Wildman–Crippen MR) is 70.2 cm³/mol. The van der Waals surface area contributed by atoms with Crippen LogP contribution in [0.1, 0.15) is 51.4 Å². The molecule has 1 atom stereocenters. The number of carboxylic acids is 1. The van der Waals surface area contributed by atoms with Crippen LogP contribution in [-0.4, -0.2) is 23.0 Å². The molecule has 1 amide bonds. The van der Waals surface area contributed by atoms with Crippen molar-refractivity contribution in [1.29, 1.82) is 0 Å². The molecular formula is C14H23NO3. The van der Waals surface area contributed by atoms with Gasteiger partial charge in [-0.25, -0.2) is 4.79 Å². The van der Waals surface area contributed by atoms with Crippen LogP contribution < -0.4 is 5.32 Å². The van der Waals surface area contributed by atoms with Crippen LogP contribution in [0.4, 0.5) is 0 Å². The Morgan fingerprint density at radius 2 is 2.00 bits per heavy atom. The van der Waals surface area contributed by atoms with Gasteiger partial charge in [-0.1, -0.05) is 38.2 Å². The lowest BCUT2D eigenvalue weighted by Gasteiger charge is -2.21. The molecule has 1 rings (SSSR count). The number of hydrogen-bond acceptors (Lipinski definition) is 2. The summed E-state index contributed by atoms with van der Waals surface area (Å²) in [6.45, 7) is 3.49. The lowest BCUT2D eigenvalue weighted by atomic mass is 9.86. The number of nitrogens with one attached hydrogen (secondary N) is 1. The first-order valence-electron chi connectivity index (χ1n) is 6.76. The van der Waals surface area contributed by atoms with Gasteiger partial charge in [0.15, 0.2) is 0 Å². The molecule has 0 radical (unpaired) electrons. The number of hydrogen-bond donors (Lipinski definition) is 2. The van der Waals surface area contributed by atoms with Crippen LogP contribution in [-0.2, 0) is 9.59 Å². The number of carboxylic acid groups (broad SMARTS) is 1. The summed E-state index contributed by atoms with van der Waals surface area (Å²) in [5.74, 6) is -0.511. The van der Waals surface area contributed by atoms with E-state index in [2.05, 4.69) is 11.9 Å². The van der Waals surface area contributed by atoms with E-state index < -0.39 is 12.0 Å². The average molecular weight is 253 g/mol. The van der Waals surface area contributed by atoms with Crippen molar-refractivity contribution in [3.63, 3.8) is 0 Å². The van der Waals surface area contributed by atoms with E-state index in [-0.39, 0.29) is 12.3 Å². The fourth-order valence-corrected chi connectivity index (χ4v) is 2.47. The van der Waals surface area contributed by atoms with Crippen molar-refractivity contribution in [2.75, 3.05) is 0 Å². The highest BCUT2D eigenvalue weighted by molar-refractivity contribution is 5.83. The van der Waals surface area contributed by atoms with E-state index in [0.717, 1.165) is 6.42 Å². The molecule has 4 nitrogen and oxygen atoms in total. The first-order chi connectivity index (χ1) is 8.63. The van der Waals surface area contributed by atoms with Crippen molar-refractivity contribution in [3.05, 3.63) is 12.7 Å². The monoisotopic (exact) mass is 253 g/mol. The van der Waals surface area contributed by atoms with Crippen molar-refractivity contribution in [1.82, 2.24) is 5.32 Å². The molecule has 1 unspecified atom stereocenters. The molecule has 1 aliphatic carbocycles. The first kappa shape index (κ1) is 14.7. The molecule has 0 aromatic carbocycles. The molecule has 102 valence electrons. The molecule has 0 saturated heterocycles. The Bertz CT molecular complexity index is 295. The van der Waals surface area contributed by atoms with Gasteiger partial charge in [0, 0.05) is 6.42 Å². The summed E-state index contributed by atoms with van der Waals surface area (Å²) in [5.41, 5.74) is 0. The normalized spacial score (nSPS) is 18.0. The minimum atomic E-state index is -0.999. The van der Waals surface area contributed by atoms with Crippen LogP contribution in [0.5, 0.6) is 0 Å². The SMILES string of the molecule is C=CCC(NC(=O)CCC1CCCCC1)C(=O)O. The zero-order valence-electron chi connectivity index (χ0n) is 10.9. The van der Waals surface area contributed by atoms with Gasteiger partial charge in [-0.15, -0.1) is 6.58 Å². The Kier molecular flexibility index (Phi) is 6.47. The molecule has 0 heterocycles. The van der Waals surface area contributed by atoms with Gasteiger partial charge in [0.2, 0.25) is 5.91 Å². The maximum atomic E-state index is 11.7. The topological polar surface area (TPSA) is 66.4 Å². The van der Waals surface area contributed by atoms with Gasteiger partial charge in [0.1, 0.15) is 6.04 Å². The molecule has 0 aromatic rings. The summed E-state index contributed by atoms with van der Waals surface area (Å²) in [6, 6.07) is -0.832. The summed E-state index contributed by atoms with van der Waals surface area (Å²) in [5, 5.41) is 11.5. The van der Waals surface area contributed by atoms with E-state index in [1.807, 2.05) is 0 Å². The van der Waals surface area contributed by atoms with E-state index in [0.29, 0.717) is 12.3 Å². The maximum Gasteiger partial charge on any atom is 0.326 e. The molecule has 0 bridgehead atoms. The van der Waals surface area contributed by atoms with Gasteiger partial charge < -0.3 is 10.4 Å². The molecule has 1 aliphatic rings. The Morgan fingerprint density at radius 1 is 1.33 bits per heavy atom. The van der Waals surface area contributed by atoms with E-state index in [1.54, 1.807) is 0 Å². The lowest BCUT2D eigenvalue weighted by Crippen LogP contribution is -2.40. The van der Waals surface area contributed by atoms with Crippen LogP contribution in [0.15, 0.2) is 12.7 Å². The molecule has 1 fully saturated rings. The summed E-state index contributed by atoms with van der Waals surface area (Å²) in [6.07, 6.45) is 9.36. The summed E-state index contributed by atoms with van der Waals surface area (Å²) in [7, 11) is 0. The molecule has 4 heteroatoms. The largest absolute Gasteiger partial charge is 0.480 e. The summed E-state index contributed by atoms with van der Waals surface area (Å²) < 4.78 is 0. The molecule has 18 heavy (non-hydrogen) atoms. The number of carbonyl (C=O) groups is 2. The average Bonchev–Trinajstić information content (AvgIpc) is 2.37. The van der Waals surface area contributed by atoms with Gasteiger partial charge >= 0.3 is 5.97 Å². The third kappa shape index (κ3) is 5.34. The van der Waals surface area contributed by atoms with E-state index >= 15 is 0 Å². The van der Waals surface area contributed by atoms with Crippen molar-refractivity contribution in [2.45, 2.75) is 57.4 Å². The fourth-order valence-electron chi connectivity index (χ4n) is 2.47. The Balaban J connectivity index is 2.26. The highest BCUT2D eigenvalue weighted by Gasteiger charge is 2.19. The van der Waals surface area contributed by atoms with Crippen LogP contribution in [0.2, 0.25) is 0 Å². The third-order valence-electron chi connectivity index (χ3n) is 3.54. The van der Waals surface area contributed by atoms with Crippen LogP contribution in [0.25, 0.3) is 0 Å². The molecule has 2 N–H and O–H groups in total. The second-order valence-corrected chi connectivity index (χ2v) is 5.03. The molecular weight excluding hydrogens is 230 g/mol. The first-order valence-corrected chi connectivity index (χ1v) is 6.76. The Labute approximate surface area is 108 Å². The van der Waals surface area contributed by atoms with Gasteiger partial charge in [-0.2, -0.15) is 0 Å². The fraction of sp³-hybridized carbons (Fsp3) is 0.714. The number of carbonyl (C=O) groups excluding carboxylic acids is 1. The van der Waals surface area contributed by atoms with Crippen molar-refractivity contribution in [3.8, 4) is 0 Å². The molecule has 1 saturated carbocycles. The van der Waals surface area contributed by atoms with Crippen molar-refractivity contribution < 1.29 is 14.7 Å². The minimum Gasteiger partial charge on any atom is -0.480 e. The van der Waals surface area contributed by atoms with Crippen LogP contribution >= 0.6 is 0 Å². The van der Waals surface area contributed by atoms with Gasteiger partial charge in [-0.3, -0.25) is 4.79 Å². The number of aliphatic carboxylic acids is 1. The number of rotatable bonds is 7. The predicted octanol–water partition coefficient (Wildman–Crippen LogP) is 2.49. The van der Waals surface area contributed by atoms with E-state index in [9.17, 15) is 9.59 Å².